The van der Waals surface area contributed by atoms with Gasteiger partial charge in [-0.25, -0.2) is 13.2 Å². The molecule has 1 aliphatic rings. The van der Waals surface area contributed by atoms with Crippen LogP contribution in [0.5, 0.6) is 5.75 Å². The highest BCUT2D eigenvalue weighted by Gasteiger charge is 2.32. The summed E-state index contributed by atoms with van der Waals surface area (Å²) >= 11 is 0. The lowest BCUT2D eigenvalue weighted by molar-refractivity contribution is -0.133. The fourth-order valence-electron chi connectivity index (χ4n) is 2.53. The Bertz CT molecular complexity index is 743. The summed E-state index contributed by atoms with van der Waals surface area (Å²) in [6.07, 6.45) is 0.446. The Morgan fingerprint density at radius 3 is 2.62 bits per heavy atom. The first kappa shape index (κ1) is 18.3. The van der Waals surface area contributed by atoms with Crippen LogP contribution in [0, 0.1) is 6.92 Å². The van der Waals surface area contributed by atoms with Crippen LogP contribution in [0.1, 0.15) is 22.3 Å². The van der Waals surface area contributed by atoms with E-state index >= 15 is 0 Å². The van der Waals surface area contributed by atoms with Gasteiger partial charge in [-0.3, -0.25) is 4.79 Å². The van der Waals surface area contributed by atoms with E-state index in [9.17, 15) is 18.0 Å². The average Bonchev–Trinajstić information content (AvgIpc) is 2.92. The van der Waals surface area contributed by atoms with Crippen molar-refractivity contribution in [3.05, 3.63) is 29.3 Å². The summed E-state index contributed by atoms with van der Waals surface area (Å²) in [4.78, 5) is 25.2. The summed E-state index contributed by atoms with van der Waals surface area (Å²) in [7, 11) is -0.185. The van der Waals surface area contributed by atoms with Crippen LogP contribution in [0.2, 0.25) is 0 Å². The van der Waals surface area contributed by atoms with Gasteiger partial charge in [-0.15, -0.1) is 0 Å². The van der Waals surface area contributed by atoms with Crippen LogP contribution in [0.25, 0.3) is 0 Å². The molecule has 24 heavy (non-hydrogen) atoms. The van der Waals surface area contributed by atoms with E-state index in [1.807, 2.05) is 0 Å². The van der Waals surface area contributed by atoms with Gasteiger partial charge in [-0.1, -0.05) is 6.07 Å². The van der Waals surface area contributed by atoms with Gasteiger partial charge in [0, 0.05) is 13.1 Å². The van der Waals surface area contributed by atoms with Crippen molar-refractivity contribution >= 4 is 21.7 Å². The summed E-state index contributed by atoms with van der Waals surface area (Å²) in [5, 5.41) is 0. The van der Waals surface area contributed by atoms with Crippen molar-refractivity contribution in [1.29, 1.82) is 0 Å². The van der Waals surface area contributed by atoms with Crippen molar-refractivity contribution in [2.75, 3.05) is 32.3 Å². The molecule has 0 radical (unpaired) electrons. The molecule has 1 aromatic rings. The van der Waals surface area contributed by atoms with Crippen LogP contribution in [-0.4, -0.2) is 63.5 Å². The molecule has 1 saturated heterocycles. The van der Waals surface area contributed by atoms with Crippen LogP contribution in [-0.2, 0) is 19.4 Å². The largest absolute Gasteiger partial charge is 0.483 e. The second-order valence-corrected chi connectivity index (χ2v) is 8.05. The van der Waals surface area contributed by atoms with Crippen molar-refractivity contribution in [3.63, 3.8) is 0 Å². The zero-order chi connectivity index (χ0) is 17.9. The molecule has 8 heteroatoms. The third kappa shape index (κ3) is 4.25. The number of carbonyl (C=O) groups excluding carboxylic acids is 2. The van der Waals surface area contributed by atoms with E-state index in [1.165, 1.54) is 18.1 Å². The molecule has 0 saturated carbocycles. The number of nitrogens with zero attached hydrogens (tertiary/aromatic N) is 1. The van der Waals surface area contributed by atoms with Gasteiger partial charge >= 0.3 is 5.97 Å². The SMILES string of the molecule is COC(=O)c1ccc(C)c(OCC(=O)N(C)[C@@H]2CCS(=O)(=O)C2)c1. The molecule has 0 bridgehead atoms. The number of methoxy groups -OCH3 is 1. The minimum Gasteiger partial charge on any atom is -0.483 e. The van der Waals surface area contributed by atoms with E-state index in [4.69, 9.17) is 4.74 Å². The van der Waals surface area contributed by atoms with E-state index in [-0.39, 0.29) is 30.1 Å². The summed E-state index contributed by atoms with van der Waals surface area (Å²) in [6, 6.07) is 4.53. The van der Waals surface area contributed by atoms with Gasteiger partial charge in [0.25, 0.3) is 5.91 Å². The van der Waals surface area contributed by atoms with Gasteiger partial charge in [0.1, 0.15) is 5.75 Å². The first-order valence-electron chi connectivity index (χ1n) is 7.51. The normalized spacial score (nSPS) is 18.9. The molecular weight excluding hydrogens is 334 g/mol. The van der Waals surface area contributed by atoms with Gasteiger partial charge < -0.3 is 14.4 Å². The number of carbonyl (C=O) groups is 2. The lowest BCUT2D eigenvalue weighted by Crippen LogP contribution is -2.40. The Kier molecular flexibility index (Phi) is 5.48. The number of ether oxygens (including phenoxy) is 2. The maximum atomic E-state index is 12.2. The summed E-state index contributed by atoms with van der Waals surface area (Å²) in [5.74, 6) is -0.277. The molecule has 0 N–H and O–H groups in total. The second kappa shape index (κ2) is 7.21. The molecule has 1 aromatic carbocycles. The maximum Gasteiger partial charge on any atom is 0.337 e. The lowest BCUT2D eigenvalue weighted by atomic mass is 10.1. The molecule has 132 valence electrons. The molecule has 1 fully saturated rings. The van der Waals surface area contributed by atoms with Gasteiger partial charge in [-0.05, 0) is 31.0 Å². The van der Waals surface area contributed by atoms with Crippen LogP contribution in [0.4, 0.5) is 0 Å². The number of amides is 1. The number of esters is 1. The zero-order valence-corrected chi connectivity index (χ0v) is 14.8. The summed E-state index contributed by atoms with van der Waals surface area (Å²) in [6.45, 7) is 1.58. The Morgan fingerprint density at radius 1 is 1.33 bits per heavy atom. The molecule has 1 aliphatic heterocycles. The molecule has 7 nitrogen and oxygen atoms in total. The molecule has 1 atom stereocenters. The monoisotopic (exact) mass is 355 g/mol. The van der Waals surface area contributed by atoms with E-state index in [1.54, 1.807) is 26.1 Å². The molecule has 0 aliphatic carbocycles. The predicted octanol–water partition coefficient (Wildman–Crippen LogP) is 0.806. The quantitative estimate of drug-likeness (QED) is 0.726. The first-order valence-corrected chi connectivity index (χ1v) is 9.33. The summed E-state index contributed by atoms with van der Waals surface area (Å²) in [5.41, 5.74) is 1.11. The minimum absolute atomic E-state index is 0.00784. The Morgan fingerprint density at radius 2 is 2.04 bits per heavy atom. The fraction of sp³-hybridized carbons (Fsp3) is 0.500. The average molecular weight is 355 g/mol. The molecule has 1 amide bonds. The molecule has 2 rings (SSSR count). The van der Waals surface area contributed by atoms with Crippen LogP contribution < -0.4 is 4.74 Å². The third-order valence-electron chi connectivity index (χ3n) is 4.11. The van der Waals surface area contributed by atoms with Crippen LogP contribution >= 0.6 is 0 Å². The number of hydrogen-bond donors (Lipinski definition) is 0. The third-order valence-corrected chi connectivity index (χ3v) is 5.86. The molecule has 0 aromatic heterocycles. The number of benzene rings is 1. The Labute approximate surface area is 141 Å². The van der Waals surface area contributed by atoms with Gasteiger partial charge in [0.15, 0.2) is 16.4 Å². The topological polar surface area (TPSA) is 90.0 Å². The fourth-order valence-corrected chi connectivity index (χ4v) is 4.30. The number of aryl methyl sites for hydroxylation is 1. The van der Waals surface area contributed by atoms with E-state index < -0.39 is 15.8 Å². The van der Waals surface area contributed by atoms with Crippen molar-refractivity contribution in [2.24, 2.45) is 0 Å². The Balaban J connectivity index is 2.00. The molecule has 1 heterocycles. The maximum absolute atomic E-state index is 12.2. The van der Waals surface area contributed by atoms with Crippen molar-refractivity contribution < 1.29 is 27.5 Å². The molecule has 0 spiro atoms. The molecule has 0 unspecified atom stereocenters. The highest BCUT2D eigenvalue weighted by atomic mass is 32.2. The molecular formula is C16H21NO6S. The number of likely N-dealkylation sites (N-methyl/N-ethyl adjacent to an activating group) is 1. The van der Waals surface area contributed by atoms with Crippen LogP contribution in [0.15, 0.2) is 18.2 Å². The zero-order valence-electron chi connectivity index (χ0n) is 13.9. The van der Waals surface area contributed by atoms with Crippen molar-refractivity contribution in [3.8, 4) is 5.75 Å². The van der Waals surface area contributed by atoms with Crippen molar-refractivity contribution in [2.45, 2.75) is 19.4 Å². The number of sulfone groups is 1. The van der Waals surface area contributed by atoms with Gasteiger partial charge in [-0.2, -0.15) is 0 Å². The summed E-state index contributed by atoms with van der Waals surface area (Å²) < 4.78 is 33.2. The van der Waals surface area contributed by atoms with E-state index in [0.29, 0.717) is 17.7 Å². The second-order valence-electron chi connectivity index (χ2n) is 5.82. The smallest absolute Gasteiger partial charge is 0.337 e. The van der Waals surface area contributed by atoms with Gasteiger partial charge in [0.2, 0.25) is 0 Å². The number of hydrogen-bond acceptors (Lipinski definition) is 6. The van der Waals surface area contributed by atoms with Crippen molar-refractivity contribution in [1.82, 2.24) is 4.90 Å². The Hall–Kier alpha value is -2.09. The highest BCUT2D eigenvalue weighted by molar-refractivity contribution is 7.91. The van der Waals surface area contributed by atoms with E-state index in [0.717, 1.165) is 5.56 Å². The predicted molar refractivity (Wildman–Crippen MR) is 87.8 cm³/mol. The lowest BCUT2D eigenvalue weighted by Gasteiger charge is -2.23. The van der Waals surface area contributed by atoms with Gasteiger partial charge in [0.05, 0.1) is 24.2 Å². The standard InChI is InChI=1S/C16H21NO6S/c1-11-4-5-12(16(19)22-3)8-14(11)23-9-15(18)17(2)13-6-7-24(20,21)10-13/h4-5,8,13H,6-7,9-10H2,1-3H3/t13-/m1/s1. The minimum atomic E-state index is -3.05. The number of rotatable bonds is 5. The first-order chi connectivity index (χ1) is 11.2. The highest BCUT2D eigenvalue weighted by Crippen LogP contribution is 2.21. The van der Waals surface area contributed by atoms with E-state index in [2.05, 4.69) is 4.74 Å². The van der Waals surface area contributed by atoms with Crippen LogP contribution in [0.3, 0.4) is 0 Å².